The van der Waals surface area contributed by atoms with E-state index in [9.17, 15) is 9.59 Å². The number of hydrogen-bond donors (Lipinski definition) is 0. The van der Waals surface area contributed by atoms with Crippen molar-refractivity contribution in [1.29, 1.82) is 0 Å². The van der Waals surface area contributed by atoms with Gasteiger partial charge in [-0.3, -0.25) is 4.79 Å². The summed E-state index contributed by atoms with van der Waals surface area (Å²) >= 11 is 0. The average Bonchev–Trinajstić information content (AvgIpc) is 3.32. The van der Waals surface area contributed by atoms with Gasteiger partial charge < -0.3 is 14.2 Å². The van der Waals surface area contributed by atoms with Crippen LogP contribution in [0.4, 0.5) is 0 Å². The molecule has 0 spiro atoms. The van der Waals surface area contributed by atoms with E-state index in [4.69, 9.17) is 14.2 Å². The number of carbonyl (C=O) groups is 2. The van der Waals surface area contributed by atoms with Crippen LogP contribution >= 0.6 is 0 Å². The third kappa shape index (κ3) is 4.92. The van der Waals surface area contributed by atoms with E-state index < -0.39 is 11.6 Å². The van der Waals surface area contributed by atoms with E-state index in [1.54, 1.807) is 26.0 Å². The molecule has 5 heteroatoms. The first kappa shape index (κ1) is 19.2. The Labute approximate surface area is 149 Å². The fourth-order valence-corrected chi connectivity index (χ4v) is 2.38. The van der Waals surface area contributed by atoms with E-state index in [-0.39, 0.29) is 18.5 Å². The summed E-state index contributed by atoms with van der Waals surface area (Å²) in [4.78, 5) is 24.0. The Balaban J connectivity index is 2.18. The molecule has 2 rings (SSSR count). The Hall–Kier alpha value is -2.14. The van der Waals surface area contributed by atoms with E-state index in [2.05, 4.69) is 0 Å². The van der Waals surface area contributed by atoms with Crippen molar-refractivity contribution in [2.75, 3.05) is 13.2 Å². The number of allylic oxidation sites excluding steroid dienone is 1. The highest BCUT2D eigenvalue weighted by atomic mass is 16.6. The van der Waals surface area contributed by atoms with Crippen LogP contribution in [0.1, 0.15) is 45.2 Å². The fourth-order valence-electron chi connectivity index (χ4n) is 2.38. The highest BCUT2D eigenvalue weighted by Crippen LogP contribution is 2.44. The van der Waals surface area contributed by atoms with Gasteiger partial charge in [0.15, 0.2) is 5.60 Å². The van der Waals surface area contributed by atoms with Gasteiger partial charge in [0.1, 0.15) is 12.4 Å². The molecule has 1 aliphatic heterocycles. The maximum Gasteiger partial charge on any atom is 0.338 e. The van der Waals surface area contributed by atoms with Gasteiger partial charge in [-0.15, -0.1) is 0 Å². The summed E-state index contributed by atoms with van der Waals surface area (Å²) in [5.41, 5.74) is 1.51. The van der Waals surface area contributed by atoms with Crippen molar-refractivity contribution in [2.45, 2.75) is 46.6 Å². The number of hydrogen-bond acceptors (Lipinski definition) is 5. The lowest BCUT2D eigenvalue weighted by molar-refractivity contribution is -0.146. The minimum absolute atomic E-state index is 0.120. The summed E-state index contributed by atoms with van der Waals surface area (Å²) in [5.74, 6) is 0.0362. The second-order valence-corrected chi connectivity index (χ2v) is 6.90. The molecule has 0 saturated carbocycles. The van der Waals surface area contributed by atoms with Crippen LogP contribution in [-0.4, -0.2) is 25.2 Å². The van der Waals surface area contributed by atoms with Crippen molar-refractivity contribution >= 4 is 11.9 Å². The van der Waals surface area contributed by atoms with Crippen LogP contribution < -0.4 is 4.74 Å². The molecule has 1 unspecified atom stereocenters. The quantitative estimate of drug-likeness (QED) is 0.326. The van der Waals surface area contributed by atoms with Gasteiger partial charge in [-0.25, -0.2) is 4.79 Å². The smallest absolute Gasteiger partial charge is 0.338 e. The van der Waals surface area contributed by atoms with Crippen molar-refractivity contribution in [2.24, 2.45) is 5.92 Å². The molecular weight excluding hydrogens is 320 g/mol. The highest BCUT2D eigenvalue weighted by Gasteiger charge is 2.50. The first-order chi connectivity index (χ1) is 11.8. The number of rotatable bonds is 7. The SMILES string of the molecule is C/C=C(/C)C(=O)Oc1cc(C)ccc1C1(COC(=O)CC(C)C)CO1. The molecule has 1 fully saturated rings. The first-order valence-electron chi connectivity index (χ1n) is 8.53. The Morgan fingerprint density at radius 1 is 1.36 bits per heavy atom. The van der Waals surface area contributed by atoms with Crippen LogP contribution in [0.2, 0.25) is 0 Å². The van der Waals surface area contributed by atoms with Gasteiger partial charge in [-0.2, -0.15) is 0 Å². The van der Waals surface area contributed by atoms with Crippen molar-refractivity contribution in [3.63, 3.8) is 0 Å². The Kier molecular flexibility index (Phi) is 6.01. The molecule has 0 aliphatic carbocycles. The number of epoxide rings is 1. The van der Waals surface area contributed by atoms with E-state index in [0.29, 0.717) is 24.4 Å². The lowest BCUT2D eigenvalue weighted by Gasteiger charge is -2.18. The third-order valence-corrected chi connectivity index (χ3v) is 4.12. The summed E-state index contributed by atoms with van der Waals surface area (Å²) in [7, 11) is 0. The predicted molar refractivity (Wildman–Crippen MR) is 94.3 cm³/mol. The van der Waals surface area contributed by atoms with Crippen molar-refractivity contribution in [1.82, 2.24) is 0 Å². The second kappa shape index (κ2) is 7.83. The molecule has 1 saturated heterocycles. The molecular formula is C20H26O5. The number of esters is 2. The van der Waals surface area contributed by atoms with E-state index in [0.717, 1.165) is 11.1 Å². The summed E-state index contributed by atoms with van der Waals surface area (Å²) in [6.45, 7) is 9.89. The van der Waals surface area contributed by atoms with Crippen LogP contribution in [0.15, 0.2) is 29.8 Å². The number of benzene rings is 1. The van der Waals surface area contributed by atoms with E-state index in [1.165, 1.54) is 0 Å². The fraction of sp³-hybridized carbons (Fsp3) is 0.500. The van der Waals surface area contributed by atoms with Crippen molar-refractivity contribution < 1.29 is 23.8 Å². The molecule has 1 atom stereocenters. The molecule has 0 amide bonds. The zero-order valence-electron chi connectivity index (χ0n) is 15.5. The van der Waals surface area contributed by atoms with Gasteiger partial charge in [0.05, 0.1) is 6.61 Å². The number of ether oxygens (including phenoxy) is 3. The normalized spacial score (nSPS) is 19.7. The molecule has 0 radical (unpaired) electrons. The first-order valence-corrected chi connectivity index (χ1v) is 8.53. The predicted octanol–water partition coefficient (Wildman–Crippen LogP) is 3.68. The maximum absolute atomic E-state index is 12.1. The Morgan fingerprint density at radius 2 is 2.04 bits per heavy atom. The summed E-state index contributed by atoms with van der Waals surface area (Å²) in [5, 5.41) is 0. The molecule has 0 aromatic heterocycles. The molecule has 25 heavy (non-hydrogen) atoms. The molecule has 1 aromatic carbocycles. The Morgan fingerprint density at radius 3 is 2.60 bits per heavy atom. The molecule has 136 valence electrons. The van der Waals surface area contributed by atoms with Crippen LogP contribution in [0.25, 0.3) is 0 Å². The topological polar surface area (TPSA) is 65.1 Å². The van der Waals surface area contributed by atoms with Crippen LogP contribution in [0, 0.1) is 12.8 Å². The number of aryl methyl sites for hydroxylation is 1. The molecule has 1 aliphatic rings. The van der Waals surface area contributed by atoms with Crippen LogP contribution in [0.5, 0.6) is 5.75 Å². The Bertz CT molecular complexity index is 683. The van der Waals surface area contributed by atoms with Gasteiger partial charge in [0.2, 0.25) is 0 Å². The molecule has 0 N–H and O–H groups in total. The standard InChI is InChI=1S/C20H26O5/c1-6-15(5)19(22)25-17-10-14(4)7-8-16(17)20(12-24-20)11-23-18(21)9-13(2)3/h6-8,10,13H,9,11-12H2,1-5H3/b15-6-. The largest absolute Gasteiger partial charge is 0.462 e. The van der Waals surface area contributed by atoms with E-state index >= 15 is 0 Å². The van der Waals surface area contributed by atoms with Gasteiger partial charge in [-0.1, -0.05) is 32.1 Å². The summed E-state index contributed by atoms with van der Waals surface area (Å²) in [6, 6.07) is 5.59. The number of carbonyl (C=O) groups excluding carboxylic acids is 2. The molecule has 1 aromatic rings. The third-order valence-electron chi connectivity index (χ3n) is 4.12. The lowest BCUT2D eigenvalue weighted by atomic mass is 9.98. The maximum atomic E-state index is 12.1. The summed E-state index contributed by atoms with van der Waals surface area (Å²) < 4.78 is 16.5. The van der Waals surface area contributed by atoms with Gasteiger partial charge in [-0.05, 0) is 38.3 Å². The molecule has 1 heterocycles. The second-order valence-electron chi connectivity index (χ2n) is 6.90. The highest BCUT2D eigenvalue weighted by molar-refractivity contribution is 5.89. The monoisotopic (exact) mass is 346 g/mol. The zero-order chi connectivity index (χ0) is 18.6. The van der Waals surface area contributed by atoms with Gasteiger partial charge >= 0.3 is 11.9 Å². The van der Waals surface area contributed by atoms with Crippen LogP contribution in [-0.2, 0) is 24.7 Å². The van der Waals surface area contributed by atoms with Crippen molar-refractivity contribution in [3.8, 4) is 5.75 Å². The van der Waals surface area contributed by atoms with Crippen molar-refractivity contribution in [3.05, 3.63) is 41.0 Å². The van der Waals surface area contributed by atoms with Gasteiger partial charge in [0.25, 0.3) is 0 Å². The molecule has 0 bridgehead atoms. The minimum atomic E-state index is -0.722. The van der Waals surface area contributed by atoms with Gasteiger partial charge in [0, 0.05) is 17.6 Å². The average molecular weight is 346 g/mol. The molecule has 5 nitrogen and oxygen atoms in total. The lowest BCUT2D eigenvalue weighted by Crippen LogP contribution is -2.22. The minimum Gasteiger partial charge on any atom is -0.462 e. The zero-order valence-corrected chi connectivity index (χ0v) is 15.5. The van der Waals surface area contributed by atoms with E-state index in [1.807, 2.05) is 32.9 Å². The van der Waals surface area contributed by atoms with Crippen LogP contribution in [0.3, 0.4) is 0 Å². The summed E-state index contributed by atoms with van der Waals surface area (Å²) in [6.07, 6.45) is 2.07.